The molecule has 2 aromatic carbocycles. The van der Waals surface area contributed by atoms with Crippen molar-refractivity contribution in [3.63, 3.8) is 0 Å². The van der Waals surface area contributed by atoms with Crippen LogP contribution in [-0.2, 0) is 4.79 Å². The molecule has 7 heteroatoms. The Morgan fingerprint density at radius 2 is 1.35 bits per heavy atom. The SMILES string of the molecule is O=C(Nc1ccc(OCCCCCOc2ccccc2)cc1)C(F)(F)F. The predicted octanol–water partition coefficient (Wildman–Crippen LogP) is 4.82. The number of hydrogen-bond acceptors (Lipinski definition) is 3. The third-order valence-electron chi connectivity index (χ3n) is 3.44. The second-order valence-electron chi connectivity index (χ2n) is 5.55. The second kappa shape index (κ2) is 9.70. The minimum Gasteiger partial charge on any atom is -0.494 e. The molecule has 0 aliphatic heterocycles. The first-order chi connectivity index (χ1) is 12.4. The molecule has 0 unspecified atom stereocenters. The lowest BCUT2D eigenvalue weighted by molar-refractivity contribution is -0.167. The summed E-state index contributed by atoms with van der Waals surface area (Å²) in [6.07, 6.45) is -2.22. The molecule has 0 aliphatic carbocycles. The zero-order valence-corrected chi connectivity index (χ0v) is 14.1. The molecule has 0 aliphatic rings. The Hall–Kier alpha value is -2.70. The van der Waals surface area contributed by atoms with Gasteiger partial charge in [0.25, 0.3) is 0 Å². The Morgan fingerprint density at radius 3 is 1.88 bits per heavy atom. The van der Waals surface area contributed by atoms with Gasteiger partial charge in [-0.05, 0) is 55.7 Å². The molecule has 4 nitrogen and oxygen atoms in total. The molecule has 0 spiro atoms. The van der Waals surface area contributed by atoms with Crippen LogP contribution >= 0.6 is 0 Å². The molecular formula is C19H20F3NO3. The van der Waals surface area contributed by atoms with E-state index in [0.717, 1.165) is 25.0 Å². The van der Waals surface area contributed by atoms with Gasteiger partial charge in [0.1, 0.15) is 11.5 Å². The van der Waals surface area contributed by atoms with Crippen LogP contribution in [-0.4, -0.2) is 25.3 Å². The highest BCUT2D eigenvalue weighted by molar-refractivity contribution is 5.94. The molecule has 26 heavy (non-hydrogen) atoms. The largest absolute Gasteiger partial charge is 0.494 e. The molecule has 1 amide bonds. The summed E-state index contributed by atoms with van der Waals surface area (Å²) in [6.45, 7) is 1.14. The molecule has 0 fully saturated rings. The fourth-order valence-electron chi connectivity index (χ4n) is 2.11. The van der Waals surface area contributed by atoms with Crippen LogP contribution in [0, 0.1) is 0 Å². The highest BCUT2D eigenvalue weighted by Gasteiger charge is 2.38. The van der Waals surface area contributed by atoms with Crippen molar-refractivity contribution in [1.29, 1.82) is 0 Å². The number of carbonyl (C=O) groups is 1. The molecule has 0 atom stereocenters. The molecule has 2 rings (SSSR count). The first-order valence-electron chi connectivity index (χ1n) is 8.24. The molecular weight excluding hydrogens is 347 g/mol. The lowest BCUT2D eigenvalue weighted by Crippen LogP contribution is -2.29. The van der Waals surface area contributed by atoms with Crippen molar-refractivity contribution in [2.24, 2.45) is 0 Å². The number of ether oxygens (including phenoxy) is 2. The Balaban J connectivity index is 1.59. The Morgan fingerprint density at radius 1 is 0.808 bits per heavy atom. The van der Waals surface area contributed by atoms with Crippen LogP contribution in [0.5, 0.6) is 11.5 Å². The highest BCUT2D eigenvalue weighted by Crippen LogP contribution is 2.20. The highest BCUT2D eigenvalue weighted by atomic mass is 19.4. The van der Waals surface area contributed by atoms with Gasteiger partial charge in [0, 0.05) is 5.69 Å². The molecule has 0 saturated heterocycles. The van der Waals surface area contributed by atoms with E-state index in [-0.39, 0.29) is 5.69 Å². The number of amides is 1. The fourth-order valence-corrected chi connectivity index (χ4v) is 2.11. The third kappa shape index (κ3) is 7.04. The van der Waals surface area contributed by atoms with Crippen molar-refractivity contribution in [3.05, 3.63) is 54.6 Å². The van der Waals surface area contributed by atoms with Crippen LogP contribution in [0.2, 0.25) is 0 Å². The van der Waals surface area contributed by atoms with E-state index in [1.54, 1.807) is 5.32 Å². The summed E-state index contributed by atoms with van der Waals surface area (Å²) in [5, 5.41) is 1.78. The van der Waals surface area contributed by atoms with Crippen LogP contribution in [0.1, 0.15) is 19.3 Å². The smallest absolute Gasteiger partial charge is 0.471 e. The van der Waals surface area contributed by atoms with Gasteiger partial charge in [0.05, 0.1) is 13.2 Å². The van der Waals surface area contributed by atoms with E-state index in [1.165, 1.54) is 24.3 Å². The predicted molar refractivity (Wildman–Crippen MR) is 92.4 cm³/mol. The molecule has 0 saturated carbocycles. The van der Waals surface area contributed by atoms with E-state index < -0.39 is 12.1 Å². The Kier molecular flexibility index (Phi) is 7.32. The second-order valence-corrected chi connectivity index (χ2v) is 5.55. The number of unbranched alkanes of at least 4 members (excludes halogenated alkanes) is 2. The van der Waals surface area contributed by atoms with Crippen LogP contribution < -0.4 is 14.8 Å². The van der Waals surface area contributed by atoms with Gasteiger partial charge in [-0.2, -0.15) is 13.2 Å². The zero-order valence-electron chi connectivity index (χ0n) is 14.1. The van der Waals surface area contributed by atoms with E-state index >= 15 is 0 Å². The van der Waals surface area contributed by atoms with Gasteiger partial charge in [0.15, 0.2) is 0 Å². The van der Waals surface area contributed by atoms with Crippen LogP contribution in [0.25, 0.3) is 0 Å². The minimum absolute atomic E-state index is 0.0673. The third-order valence-corrected chi connectivity index (χ3v) is 3.44. The van der Waals surface area contributed by atoms with E-state index in [1.807, 2.05) is 30.3 Å². The van der Waals surface area contributed by atoms with Gasteiger partial charge in [-0.15, -0.1) is 0 Å². The number of nitrogens with one attached hydrogen (secondary N) is 1. The molecule has 1 N–H and O–H groups in total. The van der Waals surface area contributed by atoms with Crippen molar-refractivity contribution in [2.75, 3.05) is 18.5 Å². The summed E-state index contributed by atoms with van der Waals surface area (Å²) < 4.78 is 47.6. The number of hydrogen-bond donors (Lipinski definition) is 1. The van der Waals surface area contributed by atoms with Crippen LogP contribution in [0.15, 0.2) is 54.6 Å². The van der Waals surface area contributed by atoms with Gasteiger partial charge in [-0.3, -0.25) is 4.79 Å². The van der Waals surface area contributed by atoms with Gasteiger partial charge in [0.2, 0.25) is 0 Å². The normalized spacial score (nSPS) is 11.0. The molecule has 0 radical (unpaired) electrons. The monoisotopic (exact) mass is 367 g/mol. The summed E-state index contributed by atoms with van der Waals surface area (Å²) >= 11 is 0. The van der Waals surface area contributed by atoms with Crippen LogP contribution in [0.3, 0.4) is 0 Å². The summed E-state index contributed by atoms with van der Waals surface area (Å²) in [4.78, 5) is 10.8. The maximum absolute atomic E-state index is 12.2. The summed E-state index contributed by atoms with van der Waals surface area (Å²) in [6, 6.07) is 15.4. The number of alkyl halides is 3. The van der Waals surface area contributed by atoms with Crippen molar-refractivity contribution in [1.82, 2.24) is 0 Å². The van der Waals surface area contributed by atoms with Crippen molar-refractivity contribution in [2.45, 2.75) is 25.4 Å². The number of rotatable bonds is 9. The number of halogens is 3. The number of anilines is 1. The van der Waals surface area contributed by atoms with Gasteiger partial charge in [-0.25, -0.2) is 0 Å². The average Bonchev–Trinajstić information content (AvgIpc) is 2.62. The fraction of sp³-hybridized carbons (Fsp3) is 0.316. The standard InChI is InChI=1S/C19H20F3NO3/c20-19(21,22)18(24)23-15-9-11-17(12-10-15)26-14-6-2-5-13-25-16-7-3-1-4-8-16/h1,3-4,7-12H,2,5-6,13-14H2,(H,23,24). The lowest BCUT2D eigenvalue weighted by atomic mass is 10.2. The van der Waals surface area contributed by atoms with E-state index in [4.69, 9.17) is 9.47 Å². The Labute approximate surface area is 149 Å². The van der Waals surface area contributed by atoms with Gasteiger partial charge in [-0.1, -0.05) is 18.2 Å². The number of carbonyl (C=O) groups excluding carboxylic acids is 1. The van der Waals surface area contributed by atoms with E-state index in [2.05, 4.69) is 0 Å². The molecule has 140 valence electrons. The minimum atomic E-state index is -4.90. The topological polar surface area (TPSA) is 47.6 Å². The van der Waals surface area contributed by atoms with Gasteiger partial charge >= 0.3 is 12.1 Å². The van der Waals surface area contributed by atoms with Crippen molar-refractivity contribution >= 4 is 11.6 Å². The maximum atomic E-state index is 12.2. The quantitative estimate of drug-likeness (QED) is 0.647. The molecule has 0 heterocycles. The average molecular weight is 367 g/mol. The van der Waals surface area contributed by atoms with E-state index in [0.29, 0.717) is 19.0 Å². The molecule has 0 aromatic heterocycles. The van der Waals surface area contributed by atoms with Gasteiger partial charge < -0.3 is 14.8 Å². The summed E-state index contributed by atoms with van der Waals surface area (Å²) in [5.41, 5.74) is 0.0673. The Bertz CT molecular complexity index is 673. The molecule has 2 aromatic rings. The van der Waals surface area contributed by atoms with E-state index in [9.17, 15) is 18.0 Å². The lowest BCUT2D eigenvalue weighted by Gasteiger charge is -2.10. The maximum Gasteiger partial charge on any atom is 0.471 e. The molecule has 0 bridgehead atoms. The summed E-state index contributed by atoms with van der Waals surface area (Å²) in [7, 11) is 0. The first-order valence-corrected chi connectivity index (χ1v) is 8.24. The first kappa shape index (κ1) is 19.6. The van der Waals surface area contributed by atoms with Crippen LogP contribution in [0.4, 0.5) is 18.9 Å². The number of para-hydroxylation sites is 1. The zero-order chi connectivity index (χ0) is 18.8. The summed E-state index contributed by atoms with van der Waals surface area (Å²) in [5.74, 6) is -0.610. The number of benzene rings is 2. The van der Waals surface area contributed by atoms with Crippen molar-refractivity contribution < 1.29 is 27.4 Å². The van der Waals surface area contributed by atoms with Crippen molar-refractivity contribution in [3.8, 4) is 11.5 Å².